The second kappa shape index (κ2) is 6.43. The van der Waals surface area contributed by atoms with Crippen LogP contribution in [-0.4, -0.2) is 39.6 Å². The van der Waals surface area contributed by atoms with Crippen molar-refractivity contribution in [3.05, 3.63) is 47.5 Å². The van der Waals surface area contributed by atoms with Crippen molar-refractivity contribution in [2.45, 2.75) is 19.8 Å². The van der Waals surface area contributed by atoms with Gasteiger partial charge in [0.05, 0.1) is 29.1 Å². The minimum Gasteiger partial charge on any atom is -0.369 e. The van der Waals surface area contributed by atoms with Crippen molar-refractivity contribution in [1.82, 2.24) is 14.7 Å². The van der Waals surface area contributed by atoms with Gasteiger partial charge in [-0.15, -0.1) is 0 Å². The average molecular weight is 330 g/mol. The van der Waals surface area contributed by atoms with Gasteiger partial charge in [0.2, 0.25) is 5.91 Å². The molecule has 0 spiro atoms. The zero-order valence-corrected chi connectivity index (χ0v) is 13.4. The number of nitrogens with two attached hydrogens (primary N) is 1. The first kappa shape index (κ1) is 16.2. The number of likely N-dealkylation sites (tertiary alicyclic amines) is 1. The van der Waals surface area contributed by atoms with E-state index in [9.17, 15) is 14.0 Å². The molecule has 1 fully saturated rings. The maximum atomic E-state index is 13.1. The van der Waals surface area contributed by atoms with Gasteiger partial charge in [0.1, 0.15) is 5.82 Å². The third kappa shape index (κ3) is 2.89. The summed E-state index contributed by atoms with van der Waals surface area (Å²) in [6, 6.07) is 5.95. The van der Waals surface area contributed by atoms with Crippen LogP contribution in [-0.2, 0) is 11.2 Å². The van der Waals surface area contributed by atoms with Gasteiger partial charge in [0.25, 0.3) is 5.91 Å². The van der Waals surface area contributed by atoms with E-state index in [4.69, 9.17) is 5.73 Å². The van der Waals surface area contributed by atoms with Crippen molar-refractivity contribution in [2.75, 3.05) is 13.1 Å². The molecule has 126 valence electrons. The molecule has 2 amide bonds. The van der Waals surface area contributed by atoms with Crippen molar-refractivity contribution in [3.63, 3.8) is 0 Å². The Morgan fingerprint density at radius 1 is 1.33 bits per heavy atom. The summed E-state index contributed by atoms with van der Waals surface area (Å²) in [4.78, 5) is 25.7. The SMILES string of the molecule is CCc1c(C(=O)N2CC[C@H](C(N)=O)C2)cnn1-c1ccc(F)cc1. The lowest BCUT2D eigenvalue weighted by molar-refractivity contribution is -0.121. The number of amides is 2. The zero-order chi connectivity index (χ0) is 17.3. The largest absolute Gasteiger partial charge is 0.369 e. The maximum absolute atomic E-state index is 13.1. The lowest BCUT2D eigenvalue weighted by Gasteiger charge is -2.16. The number of hydrogen-bond acceptors (Lipinski definition) is 3. The predicted molar refractivity (Wildman–Crippen MR) is 86.1 cm³/mol. The molecule has 1 saturated heterocycles. The van der Waals surface area contributed by atoms with E-state index in [-0.39, 0.29) is 23.5 Å². The van der Waals surface area contributed by atoms with Crippen LogP contribution < -0.4 is 5.73 Å². The van der Waals surface area contributed by atoms with Crippen molar-refractivity contribution in [3.8, 4) is 5.69 Å². The van der Waals surface area contributed by atoms with Crippen molar-refractivity contribution in [2.24, 2.45) is 11.7 Å². The summed E-state index contributed by atoms with van der Waals surface area (Å²) in [7, 11) is 0. The Hall–Kier alpha value is -2.70. The lowest BCUT2D eigenvalue weighted by atomic mass is 10.1. The van der Waals surface area contributed by atoms with Gasteiger partial charge in [-0.05, 0) is 37.1 Å². The number of halogens is 1. The molecule has 0 aliphatic carbocycles. The Labute approximate surface area is 139 Å². The first-order valence-corrected chi connectivity index (χ1v) is 7.92. The lowest BCUT2D eigenvalue weighted by Crippen LogP contribution is -2.32. The van der Waals surface area contributed by atoms with Gasteiger partial charge in [0.15, 0.2) is 0 Å². The van der Waals surface area contributed by atoms with Gasteiger partial charge in [-0.3, -0.25) is 9.59 Å². The molecule has 2 aromatic rings. The molecule has 2 heterocycles. The van der Waals surface area contributed by atoms with Gasteiger partial charge >= 0.3 is 0 Å². The van der Waals surface area contributed by atoms with Gasteiger partial charge < -0.3 is 10.6 Å². The molecule has 6 nitrogen and oxygen atoms in total. The molecule has 1 aliphatic rings. The van der Waals surface area contributed by atoms with Crippen LogP contribution in [0.4, 0.5) is 4.39 Å². The Morgan fingerprint density at radius 3 is 2.62 bits per heavy atom. The summed E-state index contributed by atoms with van der Waals surface area (Å²) in [6.45, 7) is 2.79. The van der Waals surface area contributed by atoms with E-state index in [2.05, 4.69) is 5.10 Å². The van der Waals surface area contributed by atoms with Crippen LogP contribution in [0.2, 0.25) is 0 Å². The quantitative estimate of drug-likeness (QED) is 0.923. The number of rotatable bonds is 4. The highest BCUT2D eigenvalue weighted by atomic mass is 19.1. The molecule has 7 heteroatoms. The molecule has 0 radical (unpaired) electrons. The Bertz CT molecular complexity index is 769. The average Bonchev–Trinajstić information content (AvgIpc) is 3.22. The molecule has 1 atom stereocenters. The van der Waals surface area contributed by atoms with Crippen molar-refractivity contribution >= 4 is 11.8 Å². The van der Waals surface area contributed by atoms with Gasteiger partial charge in [-0.25, -0.2) is 9.07 Å². The fourth-order valence-corrected chi connectivity index (χ4v) is 3.04. The van der Waals surface area contributed by atoms with Crippen LogP contribution in [0.5, 0.6) is 0 Å². The van der Waals surface area contributed by atoms with Crippen LogP contribution in [0.15, 0.2) is 30.5 Å². The van der Waals surface area contributed by atoms with Crippen molar-refractivity contribution in [1.29, 1.82) is 0 Å². The molecule has 1 aromatic carbocycles. The fourth-order valence-electron chi connectivity index (χ4n) is 3.04. The van der Waals surface area contributed by atoms with E-state index in [0.29, 0.717) is 37.2 Å². The molecule has 0 unspecified atom stereocenters. The smallest absolute Gasteiger partial charge is 0.257 e. The molecule has 1 aliphatic heterocycles. The summed E-state index contributed by atoms with van der Waals surface area (Å²) >= 11 is 0. The molecular formula is C17H19FN4O2. The third-order valence-electron chi connectivity index (χ3n) is 4.38. The third-order valence-corrected chi connectivity index (χ3v) is 4.38. The topological polar surface area (TPSA) is 81.2 Å². The number of aromatic nitrogens is 2. The number of hydrogen-bond donors (Lipinski definition) is 1. The monoisotopic (exact) mass is 330 g/mol. The van der Waals surface area contributed by atoms with Crippen LogP contribution in [0.3, 0.4) is 0 Å². The summed E-state index contributed by atoms with van der Waals surface area (Å²) in [5, 5.41) is 4.29. The van der Waals surface area contributed by atoms with Crippen molar-refractivity contribution < 1.29 is 14.0 Å². The maximum Gasteiger partial charge on any atom is 0.257 e. The predicted octanol–water partition coefficient (Wildman–Crippen LogP) is 1.52. The fraction of sp³-hybridized carbons (Fsp3) is 0.353. The number of benzene rings is 1. The number of primary amides is 1. The van der Waals surface area contributed by atoms with E-state index in [1.807, 2.05) is 6.92 Å². The standard InChI is InChI=1S/C17H19FN4O2/c1-2-15-14(17(24)21-8-7-11(10-21)16(19)23)9-20-22(15)13-5-3-12(18)4-6-13/h3-6,9,11H,2,7-8,10H2,1H3,(H2,19,23)/t11-/m0/s1. The summed E-state index contributed by atoms with van der Waals surface area (Å²) in [5.41, 5.74) is 7.29. The van der Waals surface area contributed by atoms with Gasteiger partial charge in [-0.1, -0.05) is 6.92 Å². The summed E-state index contributed by atoms with van der Waals surface area (Å²) in [6.07, 6.45) is 2.72. The van der Waals surface area contributed by atoms with Crippen LogP contribution in [0, 0.1) is 11.7 Å². The molecule has 24 heavy (non-hydrogen) atoms. The highest BCUT2D eigenvalue weighted by Crippen LogP contribution is 2.22. The minimum atomic E-state index is -0.372. The Morgan fingerprint density at radius 2 is 2.04 bits per heavy atom. The summed E-state index contributed by atoms with van der Waals surface area (Å²) in [5.74, 6) is -1.13. The Balaban J connectivity index is 1.88. The van der Waals surface area contributed by atoms with E-state index < -0.39 is 0 Å². The first-order chi connectivity index (χ1) is 11.5. The normalized spacial score (nSPS) is 17.2. The molecule has 0 saturated carbocycles. The molecule has 2 N–H and O–H groups in total. The van der Waals surface area contributed by atoms with Crippen LogP contribution in [0.1, 0.15) is 29.4 Å². The van der Waals surface area contributed by atoms with Gasteiger partial charge in [0, 0.05) is 13.1 Å². The van der Waals surface area contributed by atoms with E-state index >= 15 is 0 Å². The zero-order valence-electron chi connectivity index (χ0n) is 13.4. The second-order valence-electron chi connectivity index (χ2n) is 5.89. The van der Waals surface area contributed by atoms with Gasteiger partial charge in [-0.2, -0.15) is 5.10 Å². The second-order valence-corrected chi connectivity index (χ2v) is 5.89. The number of carbonyl (C=O) groups is 2. The number of carbonyl (C=O) groups excluding carboxylic acids is 2. The van der Waals surface area contributed by atoms with Crippen LogP contribution >= 0.6 is 0 Å². The molecule has 3 rings (SSSR count). The van der Waals surface area contributed by atoms with E-state index in [0.717, 1.165) is 5.69 Å². The minimum absolute atomic E-state index is 0.149. The highest BCUT2D eigenvalue weighted by molar-refractivity contribution is 5.96. The highest BCUT2D eigenvalue weighted by Gasteiger charge is 2.31. The van der Waals surface area contributed by atoms with E-state index in [1.54, 1.807) is 21.7 Å². The summed E-state index contributed by atoms with van der Waals surface area (Å²) < 4.78 is 14.7. The van der Waals surface area contributed by atoms with E-state index in [1.165, 1.54) is 18.3 Å². The van der Waals surface area contributed by atoms with Crippen LogP contribution in [0.25, 0.3) is 5.69 Å². The number of nitrogens with zero attached hydrogens (tertiary/aromatic N) is 3. The Kier molecular flexibility index (Phi) is 4.33. The molecule has 1 aromatic heterocycles. The first-order valence-electron chi connectivity index (χ1n) is 7.92. The molecular weight excluding hydrogens is 311 g/mol. The molecule has 0 bridgehead atoms.